The van der Waals surface area contributed by atoms with Gasteiger partial charge in [-0.15, -0.1) is 0 Å². The quantitative estimate of drug-likeness (QED) is 0.796. The molecule has 4 nitrogen and oxygen atoms in total. The lowest BCUT2D eigenvalue weighted by molar-refractivity contribution is -0.152. The first-order valence-electron chi connectivity index (χ1n) is 7.15. The summed E-state index contributed by atoms with van der Waals surface area (Å²) < 4.78 is 5.49. The maximum absolute atomic E-state index is 11.8. The molecule has 0 aromatic heterocycles. The number of carbonyl (C=O) groups is 2. The highest BCUT2D eigenvalue weighted by atomic mass is 16.5. The summed E-state index contributed by atoms with van der Waals surface area (Å²) >= 11 is 0. The van der Waals surface area contributed by atoms with E-state index >= 15 is 0 Å². The van der Waals surface area contributed by atoms with Crippen molar-refractivity contribution < 1.29 is 19.4 Å². The third kappa shape index (κ3) is 5.05. The fourth-order valence-electron chi connectivity index (χ4n) is 2.15. The van der Waals surface area contributed by atoms with E-state index in [9.17, 15) is 9.59 Å². The average Bonchev–Trinajstić information content (AvgIpc) is 2.54. The molecule has 0 aliphatic heterocycles. The Labute approximate surface area is 129 Å². The summed E-state index contributed by atoms with van der Waals surface area (Å²) in [7, 11) is 0. The van der Waals surface area contributed by atoms with Gasteiger partial charge in [0.1, 0.15) is 6.10 Å². The molecular weight excluding hydrogens is 280 g/mol. The zero-order chi connectivity index (χ0) is 15.8. The van der Waals surface area contributed by atoms with Crippen LogP contribution in [-0.4, -0.2) is 17.0 Å². The van der Waals surface area contributed by atoms with Crippen molar-refractivity contribution in [3.8, 4) is 0 Å². The molecule has 2 aromatic rings. The summed E-state index contributed by atoms with van der Waals surface area (Å²) in [6.07, 6.45) is -0.187. The monoisotopic (exact) mass is 298 g/mol. The maximum atomic E-state index is 11.8. The number of hydrogen-bond donors (Lipinski definition) is 1. The highest BCUT2D eigenvalue weighted by Gasteiger charge is 2.18. The molecule has 0 aliphatic carbocycles. The van der Waals surface area contributed by atoms with Crippen molar-refractivity contribution in [2.75, 3.05) is 0 Å². The van der Waals surface area contributed by atoms with Crippen LogP contribution in [0.5, 0.6) is 0 Å². The Morgan fingerprint density at radius 3 is 2.09 bits per heavy atom. The van der Waals surface area contributed by atoms with Crippen LogP contribution in [0.25, 0.3) is 0 Å². The molecule has 0 amide bonds. The first kappa shape index (κ1) is 15.8. The minimum Gasteiger partial charge on any atom is -0.481 e. The first-order chi connectivity index (χ1) is 10.6. The van der Waals surface area contributed by atoms with Crippen molar-refractivity contribution in [1.29, 1.82) is 0 Å². The van der Waals surface area contributed by atoms with Crippen LogP contribution in [0, 0.1) is 0 Å². The molecule has 0 heterocycles. The Morgan fingerprint density at radius 2 is 1.50 bits per heavy atom. The van der Waals surface area contributed by atoms with E-state index in [0.29, 0.717) is 6.42 Å². The van der Waals surface area contributed by atoms with E-state index in [1.165, 1.54) is 0 Å². The molecule has 0 bridgehead atoms. The molecule has 0 saturated carbocycles. The van der Waals surface area contributed by atoms with E-state index in [2.05, 4.69) is 0 Å². The van der Waals surface area contributed by atoms with Crippen LogP contribution >= 0.6 is 0 Å². The van der Waals surface area contributed by atoms with Gasteiger partial charge in [0.25, 0.3) is 0 Å². The molecule has 0 saturated heterocycles. The van der Waals surface area contributed by atoms with Gasteiger partial charge in [-0.3, -0.25) is 9.59 Å². The molecule has 1 unspecified atom stereocenters. The molecule has 114 valence electrons. The van der Waals surface area contributed by atoms with Crippen LogP contribution in [0.2, 0.25) is 0 Å². The van der Waals surface area contributed by atoms with E-state index in [-0.39, 0.29) is 12.8 Å². The predicted molar refractivity (Wildman–Crippen MR) is 82.3 cm³/mol. The van der Waals surface area contributed by atoms with Gasteiger partial charge in [0.2, 0.25) is 0 Å². The van der Waals surface area contributed by atoms with Gasteiger partial charge in [0.15, 0.2) is 0 Å². The van der Waals surface area contributed by atoms with Gasteiger partial charge in [0.05, 0.1) is 12.8 Å². The SMILES string of the molecule is O=C(O)CCC(=O)OC(Cc1ccccc1)c1ccccc1. The number of esters is 1. The second kappa shape index (κ2) is 7.98. The summed E-state index contributed by atoms with van der Waals surface area (Å²) in [5.74, 6) is -1.50. The highest BCUT2D eigenvalue weighted by molar-refractivity contribution is 5.76. The minimum atomic E-state index is -1.00. The number of ether oxygens (including phenoxy) is 1. The first-order valence-corrected chi connectivity index (χ1v) is 7.15. The van der Waals surface area contributed by atoms with Gasteiger partial charge in [-0.2, -0.15) is 0 Å². The van der Waals surface area contributed by atoms with E-state index in [0.717, 1.165) is 11.1 Å². The number of hydrogen-bond acceptors (Lipinski definition) is 3. The topological polar surface area (TPSA) is 63.6 Å². The average molecular weight is 298 g/mol. The molecule has 4 heteroatoms. The summed E-state index contributed by atoms with van der Waals surface area (Å²) in [6, 6.07) is 19.2. The number of benzene rings is 2. The smallest absolute Gasteiger partial charge is 0.306 e. The van der Waals surface area contributed by atoms with Crippen molar-refractivity contribution in [1.82, 2.24) is 0 Å². The third-order valence-electron chi connectivity index (χ3n) is 3.25. The fraction of sp³-hybridized carbons (Fsp3) is 0.222. The van der Waals surface area contributed by atoms with Gasteiger partial charge >= 0.3 is 11.9 Å². The Kier molecular flexibility index (Phi) is 5.72. The Balaban J connectivity index is 2.08. The number of aliphatic carboxylic acids is 1. The summed E-state index contributed by atoms with van der Waals surface area (Å²) in [5, 5.41) is 8.64. The molecule has 0 radical (unpaired) electrons. The molecule has 22 heavy (non-hydrogen) atoms. The van der Waals surface area contributed by atoms with Crippen LogP contribution in [0.3, 0.4) is 0 Å². The van der Waals surface area contributed by atoms with Crippen molar-refractivity contribution in [3.63, 3.8) is 0 Å². The van der Waals surface area contributed by atoms with Gasteiger partial charge in [-0.25, -0.2) is 0 Å². The third-order valence-corrected chi connectivity index (χ3v) is 3.25. The Hall–Kier alpha value is -2.62. The van der Waals surface area contributed by atoms with Crippen molar-refractivity contribution in [3.05, 3.63) is 71.8 Å². The highest BCUT2D eigenvalue weighted by Crippen LogP contribution is 2.23. The normalized spacial score (nSPS) is 11.6. The molecule has 0 fully saturated rings. The fourth-order valence-corrected chi connectivity index (χ4v) is 2.15. The van der Waals surface area contributed by atoms with Gasteiger partial charge in [-0.05, 0) is 11.1 Å². The molecule has 1 atom stereocenters. The molecule has 1 N–H and O–H groups in total. The van der Waals surface area contributed by atoms with E-state index < -0.39 is 18.0 Å². The lowest BCUT2D eigenvalue weighted by Crippen LogP contribution is -2.14. The van der Waals surface area contributed by atoms with Crippen molar-refractivity contribution in [2.24, 2.45) is 0 Å². The molecule has 0 aliphatic rings. The second-order valence-electron chi connectivity index (χ2n) is 4.97. The van der Waals surface area contributed by atoms with Crippen LogP contribution in [0.4, 0.5) is 0 Å². The van der Waals surface area contributed by atoms with Crippen LogP contribution in [0.1, 0.15) is 30.1 Å². The second-order valence-corrected chi connectivity index (χ2v) is 4.97. The lowest BCUT2D eigenvalue weighted by Gasteiger charge is -2.18. The van der Waals surface area contributed by atoms with Crippen molar-refractivity contribution >= 4 is 11.9 Å². The number of carboxylic acid groups (broad SMARTS) is 1. The zero-order valence-corrected chi connectivity index (χ0v) is 12.1. The van der Waals surface area contributed by atoms with E-state index in [1.54, 1.807) is 0 Å². The van der Waals surface area contributed by atoms with Crippen LogP contribution in [0.15, 0.2) is 60.7 Å². The zero-order valence-electron chi connectivity index (χ0n) is 12.1. The van der Waals surface area contributed by atoms with Crippen LogP contribution < -0.4 is 0 Å². The summed E-state index contributed by atoms with van der Waals surface area (Å²) in [5.41, 5.74) is 1.96. The largest absolute Gasteiger partial charge is 0.481 e. The molecule has 2 rings (SSSR count). The predicted octanol–water partition coefficient (Wildman–Crippen LogP) is 3.38. The summed E-state index contributed by atoms with van der Waals surface area (Å²) in [4.78, 5) is 22.4. The van der Waals surface area contributed by atoms with Gasteiger partial charge < -0.3 is 9.84 Å². The molecule has 0 spiro atoms. The lowest BCUT2D eigenvalue weighted by atomic mass is 10.0. The minimum absolute atomic E-state index is 0.118. The maximum Gasteiger partial charge on any atom is 0.306 e. The number of carbonyl (C=O) groups excluding carboxylic acids is 1. The molecular formula is C18H18O4. The number of rotatable bonds is 7. The number of carboxylic acids is 1. The van der Waals surface area contributed by atoms with Crippen molar-refractivity contribution in [2.45, 2.75) is 25.4 Å². The molecule has 2 aromatic carbocycles. The van der Waals surface area contributed by atoms with Crippen LogP contribution in [-0.2, 0) is 20.7 Å². The Morgan fingerprint density at radius 1 is 0.909 bits per heavy atom. The Bertz CT molecular complexity index is 607. The van der Waals surface area contributed by atoms with E-state index in [1.807, 2.05) is 60.7 Å². The van der Waals surface area contributed by atoms with E-state index in [4.69, 9.17) is 9.84 Å². The standard InChI is InChI=1S/C18H18O4/c19-17(20)11-12-18(21)22-16(15-9-5-2-6-10-15)13-14-7-3-1-4-8-14/h1-10,16H,11-13H2,(H,19,20). The van der Waals surface area contributed by atoms with Gasteiger partial charge in [0, 0.05) is 6.42 Å². The summed E-state index contributed by atoms with van der Waals surface area (Å²) in [6.45, 7) is 0. The van der Waals surface area contributed by atoms with Gasteiger partial charge in [-0.1, -0.05) is 60.7 Å².